The monoisotopic (exact) mass is 357 g/mol. The summed E-state index contributed by atoms with van der Waals surface area (Å²) < 4.78 is 11.9. The Bertz CT molecular complexity index is 435. The average molecular weight is 358 g/mol. The summed E-state index contributed by atoms with van der Waals surface area (Å²) in [6.45, 7) is 7.72. The van der Waals surface area contributed by atoms with Gasteiger partial charge in [0, 0.05) is 11.6 Å². The maximum atomic E-state index is 5.62. The molecule has 0 bridgehead atoms. The van der Waals surface area contributed by atoms with Crippen molar-refractivity contribution in [3.05, 3.63) is 22.2 Å². The Hall–Kier alpha value is -0.740. The van der Waals surface area contributed by atoms with Gasteiger partial charge in [-0.15, -0.1) is 0 Å². The number of benzene rings is 1. The second-order valence-electron chi connectivity index (χ2n) is 5.68. The van der Waals surface area contributed by atoms with Crippen LogP contribution in [0.25, 0.3) is 0 Å². The third-order valence-electron chi connectivity index (χ3n) is 3.57. The third kappa shape index (κ3) is 5.19. The van der Waals surface area contributed by atoms with E-state index in [1.807, 2.05) is 6.07 Å². The van der Waals surface area contributed by atoms with Crippen LogP contribution in [-0.4, -0.2) is 20.8 Å². The van der Waals surface area contributed by atoms with Crippen molar-refractivity contribution < 1.29 is 9.47 Å². The number of ether oxygens (including phenoxy) is 2. The van der Waals surface area contributed by atoms with Gasteiger partial charge in [0.15, 0.2) is 0 Å². The number of rotatable bonds is 9. The van der Waals surface area contributed by atoms with Crippen molar-refractivity contribution in [3.63, 3.8) is 0 Å². The zero-order chi connectivity index (χ0) is 15.8. The van der Waals surface area contributed by atoms with Crippen molar-refractivity contribution in [3.8, 4) is 11.5 Å². The van der Waals surface area contributed by atoms with Gasteiger partial charge in [0.05, 0.1) is 14.2 Å². The van der Waals surface area contributed by atoms with Gasteiger partial charge in [-0.25, -0.2) is 0 Å². The van der Waals surface area contributed by atoms with E-state index in [1.165, 1.54) is 12.0 Å². The van der Waals surface area contributed by atoms with E-state index >= 15 is 0 Å². The largest absolute Gasteiger partial charge is 0.495 e. The van der Waals surface area contributed by atoms with E-state index < -0.39 is 0 Å². The summed E-state index contributed by atoms with van der Waals surface area (Å²) >= 11 is 3.59. The van der Waals surface area contributed by atoms with Crippen LogP contribution in [-0.2, 0) is 0 Å². The van der Waals surface area contributed by atoms with Gasteiger partial charge in [0.2, 0.25) is 0 Å². The van der Waals surface area contributed by atoms with Crippen LogP contribution in [0, 0.1) is 5.92 Å². The number of hydrogen-bond donors (Lipinski definition) is 1. The molecule has 1 atom stereocenters. The summed E-state index contributed by atoms with van der Waals surface area (Å²) in [6.07, 6.45) is 3.42. The van der Waals surface area contributed by atoms with Crippen LogP contribution in [0.15, 0.2) is 16.6 Å². The molecule has 0 saturated heterocycles. The Labute approximate surface area is 137 Å². The Morgan fingerprint density at radius 3 is 2.38 bits per heavy atom. The lowest BCUT2D eigenvalue weighted by atomic mass is 9.96. The van der Waals surface area contributed by atoms with Crippen LogP contribution in [0.4, 0.5) is 0 Å². The first-order chi connectivity index (χ1) is 10.0. The SMILES string of the molecule is CCCNC(CCC(C)C)c1ccc(OC)c(Br)c1OC. The summed E-state index contributed by atoms with van der Waals surface area (Å²) in [6, 6.07) is 4.41. The fourth-order valence-electron chi connectivity index (χ4n) is 2.38. The van der Waals surface area contributed by atoms with E-state index in [9.17, 15) is 0 Å². The Morgan fingerprint density at radius 2 is 1.86 bits per heavy atom. The van der Waals surface area contributed by atoms with Gasteiger partial charge in [-0.2, -0.15) is 0 Å². The first-order valence-electron chi connectivity index (χ1n) is 7.68. The highest BCUT2D eigenvalue weighted by Gasteiger charge is 2.20. The Kier molecular flexibility index (Phi) is 8.12. The van der Waals surface area contributed by atoms with Crippen LogP contribution in [0.3, 0.4) is 0 Å². The standard InChI is InChI=1S/C17H28BrNO2/c1-6-11-19-14(9-7-12(2)3)13-8-10-15(20-4)16(18)17(13)21-5/h8,10,12,14,19H,6-7,9,11H2,1-5H3. The molecule has 0 aliphatic heterocycles. The quantitative estimate of drug-likeness (QED) is 0.678. The van der Waals surface area contributed by atoms with Gasteiger partial charge in [-0.1, -0.05) is 20.8 Å². The van der Waals surface area contributed by atoms with Crippen LogP contribution in [0.5, 0.6) is 11.5 Å². The lowest BCUT2D eigenvalue weighted by Gasteiger charge is -2.23. The van der Waals surface area contributed by atoms with Crippen molar-refractivity contribution in [2.24, 2.45) is 5.92 Å². The average Bonchev–Trinajstić information content (AvgIpc) is 2.47. The van der Waals surface area contributed by atoms with Gasteiger partial charge in [-0.3, -0.25) is 0 Å². The lowest BCUT2D eigenvalue weighted by Crippen LogP contribution is -2.23. The maximum Gasteiger partial charge on any atom is 0.141 e. The highest BCUT2D eigenvalue weighted by molar-refractivity contribution is 9.10. The van der Waals surface area contributed by atoms with Crippen LogP contribution in [0.2, 0.25) is 0 Å². The van der Waals surface area contributed by atoms with E-state index in [0.717, 1.165) is 35.4 Å². The molecule has 0 saturated carbocycles. The first-order valence-corrected chi connectivity index (χ1v) is 8.48. The van der Waals surface area contributed by atoms with E-state index in [0.29, 0.717) is 12.0 Å². The predicted octanol–water partition coefficient (Wildman–Crippen LogP) is 4.94. The molecule has 1 unspecified atom stereocenters. The zero-order valence-electron chi connectivity index (χ0n) is 13.8. The molecule has 1 rings (SSSR count). The minimum Gasteiger partial charge on any atom is -0.495 e. The minimum absolute atomic E-state index is 0.310. The molecule has 21 heavy (non-hydrogen) atoms. The number of nitrogens with one attached hydrogen (secondary N) is 1. The molecule has 0 aromatic heterocycles. The molecule has 0 aliphatic carbocycles. The van der Waals surface area contributed by atoms with E-state index in [2.05, 4.69) is 48.1 Å². The van der Waals surface area contributed by atoms with Gasteiger partial charge >= 0.3 is 0 Å². The molecule has 1 aromatic rings. The maximum absolute atomic E-state index is 5.62. The van der Waals surface area contributed by atoms with Gasteiger partial charge in [0.25, 0.3) is 0 Å². The number of hydrogen-bond acceptors (Lipinski definition) is 3. The minimum atomic E-state index is 0.310. The molecule has 120 valence electrons. The highest BCUT2D eigenvalue weighted by Crippen LogP contribution is 2.40. The topological polar surface area (TPSA) is 30.5 Å². The molecule has 3 nitrogen and oxygen atoms in total. The van der Waals surface area contributed by atoms with Crippen molar-refractivity contribution in [1.29, 1.82) is 0 Å². The molecule has 0 radical (unpaired) electrons. The van der Waals surface area contributed by atoms with Gasteiger partial charge in [0.1, 0.15) is 16.0 Å². The van der Waals surface area contributed by atoms with Crippen molar-refractivity contribution in [2.45, 2.75) is 46.1 Å². The Balaban J connectivity index is 3.07. The Morgan fingerprint density at radius 1 is 1.14 bits per heavy atom. The molecular formula is C17H28BrNO2. The van der Waals surface area contributed by atoms with E-state index in [-0.39, 0.29) is 0 Å². The molecule has 0 amide bonds. The normalized spacial score (nSPS) is 12.5. The molecule has 0 aliphatic rings. The predicted molar refractivity (Wildman–Crippen MR) is 92.4 cm³/mol. The van der Waals surface area contributed by atoms with E-state index in [4.69, 9.17) is 9.47 Å². The molecule has 4 heteroatoms. The van der Waals surface area contributed by atoms with Gasteiger partial charge < -0.3 is 14.8 Å². The second-order valence-corrected chi connectivity index (χ2v) is 6.48. The molecule has 0 spiro atoms. The summed E-state index contributed by atoms with van der Waals surface area (Å²) in [5.74, 6) is 2.36. The van der Waals surface area contributed by atoms with Crippen LogP contribution < -0.4 is 14.8 Å². The smallest absolute Gasteiger partial charge is 0.141 e. The molecular weight excluding hydrogens is 330 g/mol. The molecule has 1 N–H and O–H groups in total. The van der Waals surface area contributed by atoms with Crippen molar-refractivity contribution in [1.82, 2.24) is 5.32 Å². The van der Waals surface area contributed by atoms with Crippen molar-refractivity contribution in [2.75, 3.05) is 20.8 Å². The molecule has 1 aromatic carbocycles. The summed E-state index contributed by atoms with van der Waals surface area (Å²) in [5, 5.41) is 3.64. The third-order valence-corrected chi connectivity index (χ3v) is 4.32. The number of methoxy groups -OCH3 is 2. The molecule has 0 heterocycles. The van der Waals surface area contributed by atoms with Gasteiger partial charge in [-0.05, 0) is 59.8 Å². The lowest BCUT2D eigenvalue weighted by molar-refractivity contribution is 0.372. The second kappa shape index (κ2) is 9.31. The summed E-state index contributed by atoms with van der Waals surface area (Å²) in [5.41, 5.74) is 1.19. The summed E-state index contributed by atoms with van der Waals surface area (Å²) in [7, 11) is 3.38. The number of halogens is 1. The zero-order valence-corrected chi connectivity index (χ0v) is 15.4. The van der Waals surface area contributed by atoms with Crippen LogP contribution in [0.1, 0.15) is 51.6 Å². The molecule has 0 fully saturated rings. The first kappa shape index (κ1) is 18.3. The van der Waals surface area contributed by atoms with Crippen LogP contribution >= 0.6 is 15.9 Å². The summed E-state index contributed by atoms with van der Waals surface area (Å²) in [4.78, 5) is 0. The fraction of sp³-hybridized carbons (Fsp3) is 0.647. The van der Waals surface area contributed by atoms with Crippen molar-refractivity contribution >= 4 is 15.9 Å². The van der Waals surface area contributed by atoms with E-state index in [1.54, 1.807) is 14.2 Å². The highest BCUT2D eigenvalue weighted by atomic mass is 79.9. The fourth-order valence-corrected chi connectivity index (χ4v) is 3.06.